The van der Waals surface area contributed by atoms with Gasteiger partial charge in [-0.2, -0.15) is 0 Å². The van der Waals surface area contributed by atoms with Gasteiger partial charge in [0.2, 0.25) is 0 Å². The Labute approximate surface area is 175 Å². The van der Waals surface area contributed by atoms with Crippen LogP contribution in [-0.4, -0.2) is 37.5 Å². The Bertz CT molecular complexity index is 850. The molecule has 0 fully saturated rings. The van der Waals surface area contributed by atoms with E-state index in [-0.39, 0.29) is 12.2 Å². The van der Waals surface area contributed by atoms with Crippen LogP contribution in [0.2, 0.25) is 0 Å². The summed E-state index contributed by atoms with van der Waals surface area (Å²) in [7, 11) is 0. The van der Waals surface area contributed by atoms with Crippen LogP contribution in [0.1, 0.15) is 36.2 Å². The summed E-state index contributed by atoms with van der Waals surface area (Å²) in [5.41, 5.74) is 6.68. The van der Waals surface area contributed by atoms with Crippen LogP contribution in [0.5, 0.6) is 0 Å². The SMILES string of the molecule is CCN(CC)c1ccc(C(=O)NNC(=O)COC(=O)CCc2ccc(F)cc2)cc1. The monoisotopic (exact) mass is 415 g/mol. The third-order valence-corrected chi connectivity index (χ3v) is 4.47. The maximum absolute atomic E-state index is 12.8. The van der Waals surface area contributed by atoms with Gasteiger partial charge in [-0.3, -0.25) is 25.2 Å². The Morgan fingerprint density at radius 3 is 2.17 bits per heavy atom. The zero-order valence-electron chi connectivity index (χ0n) is 17.1. The highest BCUT2D eigenvalue weighted by atomic mass is 19.1. The largest absolute Gasteiger partial charge is 0.455 e. The number of esters is 1. The van der Waals surface area contributed by atoms with Crippen LogP contribution in [0.3, 0.4) is 0 Å². The zero-order valence-corrected chi connectivity index (χ0v) is 17.1. The van der Waals surface area contributed by atoms with Crippen molar-refractivity contribution in [1.82, 2.24) is 10.9 Å². The van der Waals surface area contributed by atoms with Crippen LogP contribution in [0.15, 0.2) is 48.5 Å². The number of nitrogens with one attached hydrogen (secondary N) is 2. The molecule has 0 aromatic heterocycles. The summed E-state index contributed by atoms with van der Waals surface area (Å²) in [6.07, 6.45) is 0.436. The van der Waals surface area contributed by atoms with Crippen molar-refractivity contribution in [2.75, 3.05) is 24.6 Å². The highest BCUT2D eigenvalue weighted by Gasteiger charge is 2.11. The van der Waals surface area contributed by atoms with Gasteiger partial charge in [-0.15, -0.1) is 0 Å². The Hall–Kier alpha value is -3.42. The first kappa shape index (κ1) is 22.9. The van der Waals surface area contributed by atoms with Crippen LogP contribution < -0.4 is 15.8 Å². The van der Waals surface area contributed by atoms with E-state index in [0.29, 0.717) is 12.0 Å². The van der Waals surface area contributed by atoms with Crippen molar-refractivity contribution >= 4 is 23.5 Å². The number of hydrazine groups is 1. The third-order valence-electron chi connectivity index (χ3n) is 4.47. The molecule has 0 spiro atoms. The highest BCUT2D eigenvalue weighted by molar-refractivity contribution is 5.95. The second-order valence-corrected chi connectivity index (χ2v) is 6.51. The number of benzene rings is 2. The number of rotatable bonds is 9. The molecule has 2 rings (SSSR count). The van der Waals surface area contributed by atoms with E-state index in [4.69, 9.17) is 4.74 Å². The molecular weight excluding hydrogens is 389 g/mol. The lowest BCUT2D eigenvalue weighted by Gasteiger charge is -2.21. The van der Waals surface area contributed by atoms with Gasteiger partial charge >= 0.3 is 5.97 Å². The normalized spacial score (nSPS) is 10.2. The first-order chi connectivity index (χ1) is 14.4. The van der Waals surface area contributed by atoms with Crippen LogP contribution in [0.4, 0.5) is 10.1 Å². The van der Waals surface area contributed by atoms with E-state index < -0.39 is 24.4 Å². The number of halogens is 1. The molecule has 2 N–H and O–H groups in total. The second kappa shape index (κ2) is 11.5. The van der Waals surface area contributed by atoms with E-state index in [1.165, 1.54) is 12.1 Å². The molecule has 2 aromatic rings. The Morgan fingerprint density at radius 1 is 0.933 bits per heavy atom. The number of anilines is 1. The van der Waals surface area contributed by atoms with Gasteiger partial charge in [0.15, 0.2) is 6.61 Å². The van der Waals surface area contributed by atoms with Gasteiger partial charge in [0.25, 0.3) is 11.8 Å². The molecule has 0 aliphatic carbocycles. The molecule has 0 aliphatic heterocycles. The van der Waals surface area contributed by atoms with Gasteiger partial charge in [0.1, 0.15) is 5.82 Å². The number of hydrogen-bond donors (Lipinski definition) is 2. The molecule has 2 amide bonds. The van der Waals surface area contributed by atoms with Crippen molar-refractivity contribution in [3.63, 3.8) is 0 Å². The molecule has 2 aromatic carbocycles. The minimum absolute atomic E-state index is 0.0597. The zero-order chi connectivity index (χ0) is 21.9. The van der Waals surface area contributed by atoms with Crippen LogP contribution in [0, 0.1) is 5.82 Å². The molecule has 160 valence electrons. The number of hydrogen-bond acceptors (Lipinski definition) is 5. The van der Waals surface area contributed by atoms with Crippen molar-refractivity contribution in [2.24, 2.45) is 0 Å². The minimum atomic E-state index is -0.654. The number of carbonyl (C=O) groups is 3. The third kappa shape index (κ3) is 7.20. The maximum atomic E-state index is 12.8. The molecule has 0 aliphatic rings. The average Bonchev–Trinajstić information content (AvgIpc) is 2.77. The second-order valence-electron chi connectivity index (χ2n) is 6.51. The molecule has 8 heteroatoms. The molecular formula is C22H26FN3O4. The maximum Gasteiger partial charge on any atom is 0.306 e. The molecule has 7 nitrogen and oxygen atoms in total. The quantitative estimate of drug-likeness (QED) is 0.486. The van der Waals surface area contributed by atoms with E-state index in [1.807, 2.05) is 12.1 Å². The number of carbonyl (C=O) groups excluding carboxylic acids is 3. The lowest BCUT2D eigenvalue weighted by molar-refractivity contribution is -0.148. The van der Waals surface area contributed by atoms with Crippen molar-refractivity contribution in [1.29, 1.82) is 0 Å². The van der Waals surface area contributed by atoms with Crippen molar-refractivity contribution in [2.45, 2.75) is 26.7 Å². The fourth-order valence-corrected chi connectivity index (χ4v) is 2.76. The molecule has 0 radical (unpaired) electrons. The summed E-state index contributed by atoms with van der Waals surface area (Å²) in [4.78, 5) is 37.7. The van der Waals surface area contributed by atoms with Gasteiger partial charge in [0.05, 0.1) is 0 Å². The minimum Gasteiger partial charge on any atom is -0.455 e. The van der Waals surface area contributed by atoms with Crippen molar-refractivity contribution in [3.8, 4) is 0 Å². The Balaban J connectivity index is 1.70. The molecule has 0 unspecified atom stereocenters. The fraction of sp³-hybridized carbons (Fsp3) is 0.318. The summed E-state index contributed by atoms with van der Waals surface area (Å²) in [5.74, 6) is -2.04. The number of aryl methyl sites for hydroxylation is 1. The van der Waals surface area contributed by atoms with Crippen molar-refractivity contribution < 1.29 is 23.5 Å². The fourth-order valence-electron chi connectivity index (χ4n) is 2.76. The lowest BCUT2D eigenvalue weighted by atomic mass is 10.1. The summed E-state index contributed by atoms with van der Waals surface area (Å²) < 4.78 is 17.7. The van der Waals surface area contributed by atoms with E-state index >= 15 is 0 Å². The van der Waals surface area contributed by atoms with Crippen molar-refractivity contribution in [3.05, 3.63) is 65.5 Å². The molecule has 0 bridgehead atoms. The molecule has 0 atom stereocenters. The van der Waals surface area contributed by atoms with Gasteiger partial charge in [-0.05, 0) is 62.2 Å². The average molecular weight is 415 g/mol. The predicted molar refractivity (Wildman–Crippen MR) is 111 cm³/mol. The van der Waals surface area contributed by atoms with Gasteiger partial charge in [-0.1, -0.05) is 12.1 Å². The molecule has 30 heavy (non-hydrogen) atoms. The summed E-state index contributed by atoms with van der Waals surface area (Å²) >= 11 is 0. The number of amides is 2. The first-order valence-corrected chi connectivity index (χ1v) is 9.77. The summed E-state index contributed by atoms with van der Waals surface area (Å²) in [6.45, 7) is 5.31. The predicted octanol–water partition coefficient (Wildman–Crippen LogP) is 2.61. The summed E-state index contributed by atoms with van der Waals surface area (Å²) in [5, 5.41) is 0. The van der Waals surface area contributed by atoms with E-state index in [2.05, 4.69) is 29.6 Å². The van der Waals surface area contributed by atoms with E-state index in [9.17, 15) is 18.8 Å². The number of nitrogens with zero attached hydrogens (tertiary/aromatic N) is 1. The smallest absolute Gasteiger partial charge is 0.306 e. The van der Waals surface area contributed by atoms with Crippen LogP contribution in [0.25, 0.3) is 0 Å². The molecule has 0 saturated carbocycles. The summed E-state index contributed by atoms with van der Waals surface area (Å²) in [6, 6.07) is 12.8. The van der Waals surface area contributed by atoms with Crippen LogP contribution >= 0.6 is 0 Å². The topological polar surface area (TPSA) is 87.7 Å². The van der Waals surface area contributed by atoms with E-state index in [0.717, 1.165) is 24.3 Å². The van der Waals surface area contributed by atoms with Gasteiger partial charge in [-0.25, -0.2) is 4.39 Å². The number of ether oxygens (including phenoxy) is 1. The van der Waals surface area contributed by atoms with Crippen LogP contribution in [-0.2, 0) is 20.7 Å². The Kier molecular flexibility index (Phi) is 8.80. The standard InChI is InChI=1S/C22H26FN3O4/c1-3-26(4-2)19-12-8-17(9-13-19)22(29)25-24-20(27)15-30-21(28)14-7-16-5-10-18(23)11-6-16/h5-6,8-13H,3-4,7,14-15H2,1-2H3,(H,24,27)(H,25,29). The molecule has 0 saturated heterocycles. The van der Waals surface area contributed by atoms with E-state index in [1.54, 1.807) is 24.3 Å². The lowest BCUT2D eigenvalue weighted by Crippen LogP contribution is -2.43. The highest BCUT2D eigenvalue weighted by Crippen LogP contribution is 2.14. The first-order valence-electron chi connectivity index (χ1n) is 9.77. The molecule has 0 heterocycles. The van der Waals surface area contributed by atoms with Gasteiger partial charge in [0, 0.05) is 30.8 Å². The van der Waals surface area contributed by atoms with Gasteiger partial charge < -0.3 is 9.64 Å². The Morgan fingerprint density at radius 2 is 1.57 bits per heavy atom.